The number of hydroxylamine groups is 1. The SMILES string of the molecule is COc1ccc2c(c1C#N)=NC1(CCCCC1)[N+]=2[O-]. The molecule has 19 heavy (non-hydrogen) atoms. The van der Waals surface area contributed by atoms with Crippen molar-refractivity contribution in [1.82, 2.24) is 4.74 Å². The Morgan fingerprint density at radius 1 is 1.37 bits per heavy atom. The molecule has 3 rings (SSSR count). The smallest absolute Gasteiger partial charge is 0.266 e. The lowest BCUT2D eigenvalue weighted by atomic mass is 9.90. The number of rotatable bonds is 1. The molecule has 1 saturated carbocycles. The predicted octanol–water partition coefficient (Wildman–Crippen LogP) is 0.849. The van der Waals surface area contributed by atoms with E-state index < -0.39 is 5.66 Å². The van der Waals surface area contributed by atoms with Crippen LogP contribution in [0.4, 0.5) is 0 Å². The molecule has 2 aliphatic rings. The van der Waals surface area contributed by atoms with Crippen LogP contribution in [0.2, 0.25) is 0 Å². The summed E-state index contributed by atoms with van der Waals surface area (Å²) in [4.78, 5) is 4.61. The third-order valence-electron chi connectivity index (χ3n) is 4.02. The van der Waals surface area contributed by atoms with Crippen molar-refractivity contribution in [3.63, 3.8) is 0 Å². The van der Waals surface area contributed by atoms with Gasteiger partial charge in [-0.2, -0.15) is 10.0 Å². The van der Waals surface area contributed by atoms with E-state index in [9.17, 15) is 10.5 Å². The van der Waals surface area contributed by atoms with Crippen LogP contribution in [0.3, 0.4) is 0 Å². The van der Waals surface area contributed by atoms with Gasteiger partial charge in [-0.1, -0.05) is 6.42 Å². The van der Waals surface area contributed by atoms with Crippen LogP contribution in [0, 0.1) is 16.5 Å². The van der Waals surface area contributed by atoms with Crippen molar-refractivity contribution >= 4 is 0 Å². The molecule has 0 saturated heterocycles. The molecule has 98 valence electrons. The third kappa shape index (κ3) is 1.60. The largest absolute Gasteiger partial charge is 0.622 e. The second kappa shape index (κ2) is 4.23. The first-order valence-electron chi connectivity index (χ1n) is 6.53. The molecular formula is C14H15N3O2. The lowest BCUT2D eigenvalue weighted by Crippen LogP contribution is -2.44. The van der Waals surface area contributed by atoms with Gasteiger partial charge in [-0.3, -0.25) is 0 Å². The van der Waals surface area contributed by atoms with Gasteiger partial charge < -0.3 is 9.94 Å². The molecule has 0 bridgehead atoms. The summed E-state index contributed by atoms with van der Waals surface area (Å²) in [6.45, 7) is 0. The number of methoxy groups -OCH3 is 1. The molecule has 1 aromatic rings. The Balaban J connectivity index is 2.29. The Morgan fingerprint density at radius 2 is 2.11 bits per heavy atom. The molecule has 5 nitrogen and oxygen atoms in total. The Bertz CT molecular complexity index is 682. The minimum Gasteiger partial charge on any atom is -0.622 e. The summed E-state index contributed by atoms with van der Waals surface area (Å²) >= 11 is 0. The van der Waals surface area contributed by atoms with Crippen LogP contribution in [-0.4, -0.2) is 12.8 Å². The Morgan fingerprint density at radius 3 is 2.74 bits per heavy atom. The third-order valence-corrected chi connectivity index (χ3v) is 4.02. The van der Waals surface area contributed by atoms with E-state index in [0.29, 0.717) is 22.0 Å². The number of hydrogen-bond donors (Lipinski definition) is 0. The summed E-state index contributed by atoms with van der Waals surface area (Å²) in [6.07, 6.45) is 4.69. The van der Waals surface area contributed by atoms with Crippen molar-refractivity contribution in [3.8, 4) is 11.8 Å². The van der Waals surface area contributed by atoms with Gasteiger partial charge in [0.05, 0.1) is 7.11 Å². The molecule has 1 aliphatic carbocycles. The van der Waals surface area contributed by atoms with E-state index in [1.807, 2.05) is 0 Å². The van der Waals surface area contributed by atoms with Crippen LogP contribution in [0.5, 0.6) is 5.75 Å². The lowest BCUT2D eigenvalue weighted by molar-refractivity contribution is 0.241. The number of nitrogens with zero attached hydrogens (tertiary/aromatic N) is 3. The van der Waals surface area contributed by atoms with Gasteiger partial charge in [0.2, 0.25) is 5.36 Å². The molecule has 1 spiro atoms. The molecular weight excluding hydrogens is 242 g/mol. The predicted molar refractivity (Wildman–Crippen MR) is 68.9 cm³/mol. The summed E-state index contributed by atoms with van der Waals surface area (Å²) in [5, 5.41) is 22.8. The monoisotopic (exact) mass is 257 g/mol. The normalized spacial score (nSPS) is 19.7. The maximum absolute atomic E-state index is 12.5. The number of ether oxygens (including phenoxy) is 1. The van der Waals surface area contributed by atoms with Crippen LogP contribution in [-0.2, 0) is 0 Å². The molecule has 0 atom stereocenters. The molecule has 0 N–H and O–H groups in total. The van der Waals surface area contributed by atoms with Crippen LogP contribution in [0.25, 0.3) is 0 Å². The molecule has 0 radical (unpaired) electrons. The van der Waals surface area contributed by atoms with Crippen molar-refractivity contribution < 1.29 is 4.74 Å². The quantitative estimate of drug-likeness (QED) is 0.553. The average Bonchev–Trinajstić information content (AvgIpc) is 2.71. The zero-order valence-corrected chi connectivity index (χ0v) is 10.8. The van der Waals surface area contributed by atoms with Gasteiger partial charge in [0.25, 0.3) is 5.66 Å². The summed E-state index contributed by atoms with van der Waals surface area (Å²) < 4.78 is 6.17. The molecule has 0 unspecified atom stereocenters. The summed E-state index contributed by atoms with van der Waals surface area (Å²) in [7, 11) is 1.52. The highest BCUT2D eigenvalue weighted by Crippen LogP contribution is 2.32. The second-order valence-corrected chi connectivity index (χ2v) is 5.07. The highest BCUT2D eigenvalue weighted by Gasteiger charge is 2.43. The highest BCUT2D eigenvalue weighted by atomic mass is 16.5. The van der Waals surface area contributed by atoms with E-state index in [4.69, 9.17) is 4.74 Å². The Hall–Kier alpha value is -2.09. The number of fused-ring (bicyclic) bond motifs is 1. The molecule has 0 amide bonds. The number of benzene rings is 1. The zero-order chi connectivity index (χ0) is 13.5. The standard InChI is InChI=1S/C14H15N3O2/c1-19-12-6-5-11-13(10(12)9-15)16-14(17(11)18)7-3-2-4-8-14/h5-6H,2-4,7-8H2,1H3. The molecule has 1 aromatic carbocycles. The van der Waals surface area contributed by atoms with Crippen LogP contribution in [0.15, 0.2) is 17.1 Å². The molecule has 5 heteroatoms. The molecule has 1 aliphatic heterocycles. The first-order valence-corrected chi connectivity index (χ1v) is 6.53. The van der Waals surface area contributed by atoms with Crippen LogP contribution < -0.4 is 20.2 Å². The highest BCUT2D eigenvalue weighted by molar-refractivity contribution is 5.43. The lowest BCUT2D eigenvalue weighted by Gasteiger charge is -2.28. The fourth-order valence-corrected chi connectivity index (χ4v) is 3.03. The summed E-state index contributed by atoms with van der Waals surface area (Å²) in [5.41, 5.74) is -0.318. The number of nitriles is 1. The fraction of sp³-hybridized carbons (Fsp3) is 0.500. The van der Waals surface area contributed by atoms with Crippen molar-refractivity contribution in [3.05, 3.63) is 33.6 Å². The fourth-order valence-electron chi connectivity index (χ4n) is 3.03. The topological polar surface area (TPSA) is 71.4 Å². The van der Waals surface area contributed by atoms with E-state index in [1.165, 1.54) is 7.11 Å². The zero-order valence-electron chi connectivity index (χ0n) is 10.8. The second-order valence-electron chi connectivity index (χ2n) is 5.07. The van der Waals surface area contributed by atoms with Gasteiger partial charge in [-0.05, 0) is 18.9 Å². The van der Waals surface area contributed by atoms with Gasteiger partial charge in [0, 0.05) is 18.9 Å². The van der Waals surface area contributed by atoms with Crippen LogP contribution >= 0.6 is 0 Å². The van der Waals surface area contributed by atoms with Crippen LogP contribution in [0.1, 0.15) is 37.7 Å². The number of hydrogen-bond acceptors (Lipinski definition) is 4. The maximum atomic E-state index is 12.5. The Kier molecular flexibility index (Phi) is 2.67. The van der Waals surface area contributed by atoms with Crippen molar-refractivity contribution in [1.29, 1.82) is 5.26 Å². The van der Waals surface area contributed by atoms with Gasteiger partial charge in [-0.25, -0.2) is 4.99 Å². The minimum atomic E-state index is -0.682. The molecule has 1 heterocycles. The molecule has 0 aromatic heterocycles. The first-order chi connectivity index (χ1) is 9.22. The van der Waals surface area contributed by atoms with Gasteiger partial charge in [-0.15, -0.1) is 0 Å². The average molecular weight is 257 g/mol. The molecule has 1 fully saturated rings. The van der Waals surface area contributed by atoms with E-state index in [1.54, 1.807) is 12.1 Å². The van der Waals surface area contributed by atoms with E-state index >= 15 is 0 Å². The summed E-state index contributed by atoms with van der Waals surface area (Å²) in [5.74, 6) is 0.478. The van der Waals surface area contributed by atoms with Gasteiger partial charge in [0.15, 0.2) is 5.36 Å². The Labute approximate surface area is 111 Å². The maximum Gasteiger partial charge on any atom is 0.266 e. The van der Waals surface area contributed by atoms with E-state index in [-0.39, 0.29) is 0 Å². The van der Waals surface area contributed by atoms with Gasteiger partial charge in [0.1, 0.15) is 17.4 Å². The first kappa shape index (κ1) is 12.0. The van der Waals surface area contributed by atoms with E-state index in [2.05, 4.69) is 11.1 Å². The van der Waals surface area contributed by atoms with Crippen molar-refractivity contribution in [2.24, 2.45) is 4.99 Å². The van der Waals surface area contributed by atoms with E-state index in [0.717, 1.165) is 36.8 Å². The summed E-state index contributed by atoms with van der Waals surface area (Å²) in [6, 6.07) is 5.47. The van der Waals surface area contributed by atoms with Gasteiger partial charge >= 0.3 is 0 Å². The van der Waals surface area contributed by atoms with Crippen molar-refractivity contribution in [2.75, 3.05) is 7.11 Å². The van der Waals surface area contributed by atoms with Crippen molar-refractivity contribution in [2.45, 2.75) is 37.8 Å². The minimum absolute atomic E-state index is 0.364.